The molecule has 0 N–H and O–H groups in total. The smallest absolute Gasteiger partial charge is 0.0890 e. The van der Waals surface area contributed by atoms with E-state index in [9.17, 15) is 0 Å². The fourth-order valence-electron chi connectivity index (χ4n) is 1.60. The molecule has 0 spiro atoms. The third-order valence-corrected chi connectivity index (χ3v) is 2.65. The van der Waals surface area contributed by atoms with Crippen molar-refractivity contribution in [2.24, 2.45) is 0 Å². The van der Waals surface area contributed by atoms with Crippen molar-refractivity contribution in [1.82, 2.24) is 9.97 Å². The highest BCUT2D eigenvalue weighted by Gasteiger charge is 2.02. The summed E-state index contributed by atoms with van der Waals surface area (Å²) < 4.78 is 0. The number of hydrogen-bond acceptors (Lipinski definition) is 2. The summed E-state index contributed by atoms with van der Waals surface area (Å²) in [5.74, 6) is 0.544. The van der Waals surface area contributed by atoms with Crippen molar-refractivity contribution in [2.75, 3.05) is 0 Å². The molecule has 2 heteroatoms. The molecule has 1 aromatic heterocycles. The highest BCUT2D eigenvalue weighted by molar-refractivity contribution is 5.74. The number of aryl methyl sites for hydroxylation is 1. The van der Waals surface area contributed by atoms with Crippen LogP contribution in [0.15, 0.2) is 24.4 Å². The maximum atomic E-state index is 4.53. The predicted molar refractivity (Wildman–Crippen MR) is 63.0 cm³/mol. The van der Waals surface area contributed by atoms with Gasteiger partial charge in [-0.3, -0.25) is 4.98 Å². The summed E-state index contributed by atoms with van der Waals surface area (Å²) in [4.78, 5) is 8.96. The van der Waals surface area contributed by atoms with Crippen LogP contribution in [0.2, 0.25) is 0 Å². The lowest BCUT2D eigenvalue weighted by Crippen LogP contribution is -1.93. The molecule has 0 bridgehead atoms. The van der Waals surface area contributed by atoms with Crippen molar-refractivity contribution in [1.29, 1.82) is 0 Å². The van der Waals surface area contributed by atoms with Gasteiger partial charge in [0.2, 0.25) is 0 Å². The van der Waals surface area contributed by atoms with Crippen LogP contribution in [-0.2, 0) is 6.42 Å². The number of aromatic nitrogens is 2. The Morgan fingerprint density at radius 3 is 2.67 bits per heavy atom. The van der Waals surface area contributed by atoms with Crippen molar-refractivity contribution in [3.05, 3.63) is 35.7 Å². The lowest BCUT2D eigenvalue weighted by molar-refractivity contribution is 0.867. The van der Waals surface area contributed by atoms with Gasteiger partial charge < -0.3 is 0 Å². The van der Waals surface area contributed by atoms with Crippen molar-refractivity contribution in [3.63, 3.8) is 0 Å². The van der Waals surface area contributed by atoms with E-state index in [1.165, 1.54) is 5.56 Å². The van der Waals surface area contributed by atoms with Gasteiger partial charge in [-0.1, -0.05) is 26.8 Å². The van der Waals surface area contributed by atoms with E-state index >= 15 is 0 Å². The molecule has 0 atom stereocenters. The Kier molecular flexibility index (Phi) is 2.67. The van der Waals surface area contributed by atoms with Gasteiger partial charge in [-0.05, 0) is 30.0 Å². The second-order valence-electron chi connectivity index (χ2n) is 4.12. The third-order valence-electron chi connectivity index (χ3n) is 2.65. The van der Waals surface area contributed by atoms with Gasteiger partial charge in [-0.25, -0.2) is 4.98 Å². The van der Waals surface area contributed by atoms with Gasteiger partial charge in [0.15, 0.2) is 0 Å². The van der Waals surface area contributed by atoms with Gasteiger partial charge in [0.05, 0.1) is 16.7 Å². The Hall–Kier alpha value is -1.44. The van der Waals surface area contributed by atoms with Crippen LogP contribution in [0.5, 0.6) is 0 Å². The Labute approximate surface area is 90.4 Å². The maximum absolute atomic E-state index is 4.53. The van der Waals surface area contributed by atoms with Gasteiger partial charge in [0, 0.05) is 6.20 Å². The zero-order valence-electron chi connectivity index (χ0n) is 9.49. The monoisotopic (exact) mass is 200 g/mol. The van der Waals surface area contributed by atoms with E-state index in [0.717, 1.165) is 23.1 Å². The molecule has 0 unspecified atom stereocenters. The third kappa shape index (κ3) is 1.99. The molecule has 0 aliphatic heterocycles. The Balaban J connectivity index is 2.55. The van der Waals surface area contributed by atoms with Crippen LogP contribution in [0, 0.1) is 0 Å². The normalized spacial score (nSPS) is 11.2. The van der Waals surface area contributed by atoms with Crippen molar-refractivity contribution in [2.45, 2.75) is 33.1 Å². The van der Waals surface area contributed by atoms with Crippen LogP contribution >= 0.6 is 0 Å². The highest BCUT2D eigenvalue weighted by atomic mass is 14.8. The molecule has 2 rings (SSSR count). The fourth-order valence-corrected chi connectivity index (χ4v) is 1.60. The standard InChI is InChI=1S/C13H16N2/c1-4-11-8-14-13-7-10(9(2)3)5-6-12(13)15-11/h5-9H,4H2,1-3H3. The summed E-state index contributed by atoms with van der Waals surface area (Å²) in [6, 6.07) is 6.34. The lowest BCUT2D eigenvalue weighted by atomic mass is 10.0. The number of rotatable bonds is 2. The molecular weight excluding hydrogens is 184 g/mol. The first-order chi connectivity index (χ1) is 7.20. The molecule has 15 heavy (non-hydrogen) atoms. The molecule has 2 nitrogen and oxygen atoms in total. The van der Waals surface area contributed by atoms with E-state index in [1.807, 2.05) is 6.20 Å². The van der Waals surface area contributed by atoms with Crippen LogP contribution in [0.25, 0.3) is 11.0 Å². The van der Waals surface area contributed by atoms with E-state index in [1.54, 1.807) is 0 Å². The molecule has 2 aromatic rings. The van der Waals surface area contributed by atoms with Crippen LogP contribution in [-0.4, -0.2) is 9.97 Å². The number of hydrogen-bond donors (Lipinski definition) is 0. The predicted octanol–water partition coefficient (Wildman–Crippen LogP) is 3.32. The molecule has 0 saturated heterocycles. The summed E-state index contributed by atoms with van der Waals surface area (Å²) in [5.41, 5.74) is 4.37. The molecule has 0 amide bonds. The maximum Gasteiger partial charge on any atom is 0.0890 e. The topological polar surface area (TPSA) is 25.8 Å². The number of benzene rings is 1. The Morgan fingerprint density at radius 1 is 1.20 bits per heavy atom. The van der Waals surface area contributed by atoms with Gasteiger partial charge in [0.1, 0.15) is 0 Å². The molecule has 1 aromatic carbocycles. The largest absolute Gasteiger partial charge is 0.253 e. The van der Waals surface area contributed by atoms with Crippen molar-refractivity contribution in [3.8, 4) is 0 Å². The average molecular weight is 200 g/mol. The summed E-state index contributed by atoms with van der Waals surface area (Å²) in [5, 5.41) is 0. The molecule has 78 valence electrons. The zero-order chi connectivity index (χ0) is 10.8. The minimum absolute atomic E-state index is 0.544. The Morgan fingerprint density at radius 2 is 2.00 bits per heavy atom. The minimum Gasteiger partial charge on any atom is -0.253 e. The summed E-state index contributed by atoms with van der Waals surface area (Å²) >= 11 is 0. The van der Waals surface area contributed by atoms with E-state index < -0.39 is 0 Å². The van der Waals surface area contributed by atoms with E-state index in [2.05, 4.69) is 48.9 Å². The second kappa shape index (κ2) is 3.97. The molecule has 0 aliphatic carbocycles. The molecular formula is C13H16N2. The molecule has 0 aliphatic rings. The first-order valence-electron chi connectivity index (χ1n) is 5.46. The highest BCUT2D eigenvalue weighted by Crippen LogP contribution is 2.18. The molecule has 0 saturated carbocycles. The Bertz CT molecular complexity index is 475. The average Bonchev–Trinajstić information content (AvgIpc) is 2.27. The van der Waals surface area contributed by atoms with Crippen LogP contribution in [0.1, 0.15) is 37.9 Å². The second-order valence-corrected chi connectivity index (χ2v) is 4.12. The molecule has 0 radical (unpaired) electrons. The SMILES string of the molecule is CCc1cnc2cc(C(C)C)ccc2n1. The van der Waals surface area contributed by atoms with Gasteiger partial charge in [-0.15, -0.1) is 0 Å². The van der Waals surface area contributed by atoms with Crippen LogP contribution in [0.3, 0.4) is 0 Å². The van der Waals surface area contributed by atoms with E-state index in [-0.39, 0.29) is 0 Å². The quantitative estimate of drug-likeness (QED) is 0.743. The first kappa shape index (κ1) is 10.1. The van der Waals surface area contributed by atoms with Gasteiger partial charge >= 0.3 is 0 Å². The lowest BCUT2D eigenvalue weighted by Gasteiger charge is -2.06. The molecule has 0 fully saturated rings. The number of fused-ring (bicyclic) bond motifs is 1. The van der Waals surface area contributed by atoms with Crippen LogP contribution in [0.4, 0.5) is 0 Å². The molecule has 1 heterocycles. The van der Waals surface area contributed by atoms with Crippen molar-refractivity contribution < 1.29 is 0 Å². The summed E-state index contributed by atoms with van der Waals surface area (Å²) in [6.07, 6.45) is 2.81. The first-order valence-corrected chi connectivity index (χ1v) is 5.46. The minimum atomic E-state index is 0.544. The van der Waals surface area contributed by atoms with Gasteiger partial charge in [-0.2, -0.15) is 0 Å². The summed E-state index contributed by atoms with van der Waals surface area (Å²) in [7, 11) is 0. The zero-order valence-corrected chi connectivity index (χ0v) is 9.49. The van der Waals surface area contributed by atoms with E-state index in [0.29, 0.717) is 5.92 Å². The summed E-state index contributed by atoms with van der Waals surface area (Å²) in [6.45, 7) is 6.47. The fraction of sp³-hybridized carbons (Fsp3) is 0.385. The van der Waals surface area contributed by atoms with Crippen LogP contribution < -0.4 is 0 Å². The van der Waals surface area contributed by atoms with Gasteiger partial charge in [0.25, 0.3) is 0 Å². The number of nitrogens with zero attached hydrogens (tertiary/aromatic N) is 2. The van der Waals surface area contributed by atoms with E-state index in [4.69, 9.17) is 0 Å². The van der Waals surface area contributed by atoms with Crippen molar-refractivity contribution >= 4 is 11.0 Å².